The van der Waals surface area contributed by atoms with Crippen LogP contribution in [-0.2, 0) is 10.0 Å². The summed E-state index contributed by atoms with van der Waals surface area (Å²) in [5.41, 5.74) is 3.09. The lowest BCUT2D eigenvalue weighted by molar-refractivity contribution is 0.102. The van der Waals surface area contributed by atoms with E-state index in [-0.39, 0.29) is 15.5 Å². The third-order valence-electron chi connectivity index (χ3n) is 4.69. The molecule has 0 radical (unpaired) electrons. The zero-order chi connectivity index (χ0) is 21.9. The molecule has 0 saturated carbocycles. The van der Waals surface area contributed by atoms with Gasteiger partial charge in [-0.1, -0.05) is 35.9 Å². The van der Waals surface area contributed by atoms with Gasteiger partial charge in [0, 0.05) is 10.5 Å². The predicted molar refractivity (Wildman–Crippen MR) is 124 cm³/mol. The van der Waals surface area contributed by atoms with Crippen molar-refractivity contribution >= 4 is 50.7 Å². The number of aryl methyl sites for hydroxylation is 1. The average molecular weight is 461 g/mol. The van der Waals surface area contributed by atoms with Crippen LogP contribution in [0.1, 0.15) is 21.5 Å². The van der Waals surface area contributed by atoms with Crippen molar-refractivity contribution in [3.8, 4) is 0 Å². The second-order valence-corrected chi connectivity index (χ2v) is 9.56. The lowest BCUT2D eigenvalue weighted by Crippen LogP contribution is -2.17. The van der Waals surface area contributed by atoms with Crippen LogP contribution in [0.4, 0.5) is 11.4 Å². The van der Waals surface area contributed by atoms with Crippen LogP contribution in [0.3, 0.4) is 0 Å². The standard InChI is InChI=1S/C22H21ClN2O3S2/c1-14-7-6-9-18(15(14)2)25-30(27,28)21-13-16(11-12-17(21)23)22(26)24-19-8-4-5-10-20(19)29-3/h4-13,25H,1-3H3,(H,24,26). The molecule has 0 aromatic heterocycles. The van der Waals surface area contributed by atoms with Crippen LogP contribution in [0.15, 0.2) is 70.5 Å². The first kappa shape index (κ1) is 22.2. The number of thioether (sulfide) groups is 1. The average Bonchev–Trinajstić information content (AvgIpc) is 2.72. The van der Waals surface area contributed by atoms with Crippen molar-refractivity contribution < 1.29 is 13.2 Å². The number of amides is 1. The fraction of sp³-hybridized carbons (Fsp3) is 0.136. The van der Waals surface area contributed by atoms with Crippen LogP contribution in [0.5, 0.6) is 0 Å². The molecular formula is C22H21ClN2O3S2. The van der Waals surface area contributed by atoms with Gasteiger partial charge >= 0.3 is 0 Å². The smallest absolute Gasteiger partial charge is 0.263 e. The van der Waals surface area contributed by atoms with Crippen molar-refractivity contribution in [3.63, 3.8) is 0 Å². The van der Waals surface area contributed by atoms with Crippen LogP contribution in [-0.4, -0.2) is 20.6 Å². The van der Waals surface area contributed by atoms with Gasteiger partial charge in [-0.3, -0.25) is 9.52 Å². The quantitative estimate of drug-likeness (QED) is 0.460. The SMILES string of the molecule is CSc1ccccc1NC(=O)c1ccc(Cl)c(S(=O)(=O)Nc2cccc(C)c2C)c1. The second-order valence-electron chi connectivity index (χ2n) is 6.65. The molecule has 0 bridgehead atoms. The highest BCUT2D eigenvalue weighted by Gasteiger charge is 2.21. The van der Waals surface area contributed by atoms with Crippen molar-refractivity contribution in [2.75, 3.05) is 16.3 Å². The zero-order valence-electron chi connectivity index (χ0n) is 16.7. The number of sulfonamides is 1. The maximum Gasteiger partial charge on any atom is 0.263 e. The highest BCUT2D eigenvalue weighted by molar-refractivity contribution is 7.98. The molecular weight excluding hydrogens is 440 g/mol. The molecule has 0 aliphatic rings. The Balaban J connectivity index is 1.92. The van der Waals surface area contributed by atoms with Gasteiger partial charge in [0.2, 0.25) is 0 Å². The summed E-state index contributed by atoms with van der Waals surface area (Å²) in [5, 5.41) is 2.86. The van der Waals surface area contributed by atoms with Crippen molar-refractivity contribution in [3.05, 3.63) is 82.4 Å². The van der Waals surface area contributed by atoms with E-state index in [1.165, 1.54) is 30.0 Å². The number of halogens is 1. The van der Waals surface area contributed by atoms with E-state index in [0.29, 0.717) is 11.4 Å². The van der Waals surface area contributed by atoms with Gasteiger partial charge in [0.15, 0.2) is 0 Å². The number of rotatable bonds is 6. The number of hydrogen-bond acceptors (Lipinski definition) is 4. The summed E-state index contributed by atoms with van der Waals surface area (Å²) in [6.45, 7) is 3.74. The zero-order valence-corrected chi connectivity index (χ0v) is 19.1. The number of benzene rings is 3. The molecule has 0 aliphatic carbocycles. The van der Waals surface area contributed by atoms with Gasteiger partial charge in [0.05, 0.1) is 16.4 Å². The summed E-state index contributed by atoms with van der Waals surface area (Å²) in [6, 6.07) is 16.9. The molecule has 0 aliphatic heterocycles. The first-order valence-electron chi connectivity index (χ1n) is 9.06. The van der Waals surface area contributed by atoms with Gasteiger partial charge in [-0.05, 0) is 67.6 Å². The summed E-state index contributed by atoms with van der Waals surface area (Å²) >= 11 is 7.68. The van der Waals surface area contributed by atoms with E-state index in [1.54, 1.807) is 18.2 Å². The normalized spacial score (nSPS) is 11.2. The van der Waals surface area contributed by atoms with Gasteiger partial charge in [-0.2, -0.15) is 0 Å². The Hall–Kier alpha value is -2.48. The van der Waals surface area contributed by atoms with Crippen LogP contribution >= 0.6 is 23.4 Å². The Labute approximate surface area is 185 Å². The molecule has 30 heavy (non-hydrogen) atoms. The molecule has 0 spiro atoms. The Bertz CT molecular complexity index is 1210. The van der Waals surface area contributed by atoms with Crippen molar-refractivity contribution in [1.29, 1.82) is 0 Å². The molecule has 3 aromatic carbocycles. The molecule has 0 unspecified atom stereocenters. The van der Waals surface area contributed by atoms with Gasteiger partial charge in [-0.25, -0.2) is 8.42 Å². The van der Waals surface area contributed by atoms with E-state index in [9.17, 15) is 13.2 Å². The van der Waals surface area contributed by atoms with Gasteiger partial charge in [-0.15, -0.1) is 11.8 Å². The summed E-state index contributed by atoms with van der Waals surface area (Å²) < 4.78 is 28.5. The summed E-state index contributed by atoms with van der Waals surface area (Å²) in [4.78, 5) is 13.5. The maximum atomic E-state index is 13.0. The monoisotopic (exact) mass is 460 g/mol. The van der Waals surface area contributed by atoms with E-state index in [2.05, 4.69) is 10.0 Å². The molecule has 156 valence electrons. The molecule has 1 amide bonds. The van der Waals surface area contributed by atoms with Crippen LogP contribution in [0.25, 0.3) is 0 Å². The number of para-hydroxylation sites is 1. The summed E-state index contributed by atoms with van der Waals surface area (Å²) in [7, 11) is -3.99. The van der Waals surface area contributed by atoms with Crippen LogP contribution < -0.4 is 10.0 Å². The molecule has 3 rings (SSSR count). The van der Waals surface area contributed by atoms with E-state index in [0.717, 1.165) is 16.0 Å². The first-order valence-corrected chi connectivity index (χ1v) is 12.1. The van der Waals surface area contributed by atoms with Crippen molar-refractivity contribution in [1.82, 2.24) is 0 Å². The van der Waals surface area contributed by atoms with Crippen molar-refractivity contribution in [2.45, 2.75) is 23.6 Å². The van der Waals surface area contributed by atoms with Crippen molar-refractivity contribution in [2.24, 2.45) is 0 Å². The molecule has 8 heteroatoms. The van der Waals surface area contributed by atoms with Gasteiger partial charge in [0.1, 0.15) is 4.90 Å². The highest BCUT2D eigenvalue weighted by Crippen LogP contribution is 2.29. The fourth-order valence-corrected chi connectivity index (χ4v) is 5.06. The molecule has 3 aromatic rings. The number of carbonyl (C=O) groups excluding carboxylic acids is 1. The van der Waals surface area contributed by atoms with E-state index in [4.69, 9.17) is 11.6 Å². The maximum absolute atomic E-state index is 13.0. The van der Waals surface area contributed by atoms with E-state index in [1.807, 2.05) is 44.4 Å². The number of carbonyl (C=O) groups is 1. The number of anilines is 2. The molecule has 0 fully saturated rings. The number of hydrogen-bond donors (Lipinski definition) is 2. The van der Waals surface area contributed by atoms with Crippen LogP contribution in [0.2, 0.25) is 5.02 Å². The highest BCUT2D eigenvalue weighted by atomic mass is 35.5. The number of nitrogens with one attached hydrogen (secondary N) is 2. The molecule has 0 heterocycles. The third kappa shape index (κ3) is 4.80. The minimum atomic E-state index is -3.99. The molecule has 0 saturated heterocycles. The summed E-state index contributed by atoms with van der Waals surface area (Å²) in [6.07, 6.45) is 1.91. The molecule has 0 atom stereocenters. The lowest BCUT2D eigenvalue weighted by atomic mass is 10.1. The van der Waals surface area contributed by atoms with Gasteiger partial charge < -0.3 is 5.32 Å². The Morgan fingerprint density at radius 2 is 1.67 bits per heavy atom. The third-order valence-corrected chi connectivity index (χ3v) is 7.33. The fourth-order valence-electron chi connectivity index (χ4n) is 2.85. The lowest BCUT2D eigenvalue weighted by Gasteiger charge is -2.14. The largest absolute Gasteiger partial charge is 0.321 e. The van der Waals surface area contributed by atoms with E-state index >= 15 is 0 Å². The van der Waals surface area contributed by atoms with Crippen LogP contribution in [0, 0.1) is 13.8 Å². The second kappa shape index (κ2) is 9.12. The van der Waals surface area contributed by atoms with Gasteiger partial charge in [0.25, 0.3) is 15.9 Å². The Morgan fingerprint density at radius 1 is 0.967 bits per heavy atom. The minimum Gasteiger partial charge on any atom is -0.321 e. The Kier molecular flexibility index (Phi) is 6.75. The predicted octanol–water partition coefficient (Wildman–Crippen LogP) is 5.73. The van der Waals surface area contributed by atoms with E-state index < -0.39 is 15.9 Å². The molecule has 2 N–H and O–H groups in total. The summed E-state index contributed by atoms with van der Waals surface area (Å²) in [5.74, 6) is -0.420. The first-order chi connectivity index (χ1) is 14.2. The minimum absolute atomic E-state index is 0.0360. The Morgan fingerprint density at radius 3 is 2.40 bits per heavy atom. The molecule has 5 nitrogen and oxygen atoms in total. The topological polar surface area (TPSA) is 75.3 Å².